The molecule has 174 valence electrons. The van der Waals surface area contributed by atoms with Crippen LogP contribution in [0.4, 0.5) is 16.2 Å². The van der Waals surface area contributed by atoms with Crippen LogP contribution >= 0.6 is 0 Å². The van der Waals surface area contributed by atoms with Crippen LogP contribution in [0.1, 0.15) is 35.7 Å². The summed E-state index contributed by atoms with van der Waals surface area (Å²) in [5.74, 6) is 0.515. The summed E-state index contributed by atoms with van der Waals surface area (Å²) in [7, 11) is 1.83. The average Bonchev–Trinajstić information content (AvgIpc) is 3.08. The number of aliphatic hydroxyl groups is 1. The molecule has 0 unspecified atom stereocenters. The summed E-state index contributed by atoms with van der Waals surface area (Å²) in [5.41, 5.74) is 1.74. The Kier molecular flexibility index (Phi) is 7.37. The van der Waals surface area contributed by atoms with Gasteiger partial charge in [-0.05, 0) is 40.0 Å². The van der Waals surface area contributed by atoms with E-state index in [0.29, 0.717) is 47.2 Å². The first kappa shape index (κ1) is 23.6. The van der Waals surface area contributed by atoms with Gasteiger partial charge in [0, 0.05) is 19.0 Å². The number of benzene rings is 1. The highest BCUT2D eigenvalue weighted by atomic mass is 16.5. The minimum atomic E-state index is -0.510. The molecular formula is C22H31N5O5. The second-order valence-corrected chi connectivity index (χ2v) is 8.14. The molecule has 10 heteroatoms. The topological polar surface area (TPSA) is 129 Å². The van der Waals surface area contributed by atoms with Gasteiger partial charge in [-0.15, -0.1) is 0 Å². The average molecular weight is 446 g/mol. The van der Waals surface area contributed by atoms with E-state index in [2.05, 4.69) is 21.1 Å². The van der Waals surface area contributed by atoms with Gasteiger partial charge < -0.3 is 35.2 Å². The number of nitrogens with one attached hydrogen (secondary N) is 3. The minimum Gasteiger partial charge on any atom is -0.486 e. The Morgan fingerprint density at radius 2 is 2.09 bits per heavy atom. The molecule has 1 aromatic carbocycles. The summed E-state index contributed by atoms with van der Waals surface area (Å²) in [5, 5.41) is 22.2. The third kappa shape index (κ3) is 4.86. The fourth-order valence-electron chi connectivity index (χ4n) is 3.72. The molecule has 2 heterocycles. The van der Waals surface area contributed by atoms with Gasteiger partial charge in [-0.2, -0.15) is 0 Å². The summed E-state index contributed by atoms with van der Waals surface area (Å²) < 4.78 is 11.4. The molecule has 2 aromatic rings. The van der Waals surface area contributed by atoms with E-state index in [1.807, 2.05) is 14.0 Å². The van der Waals surface area contributed by atoms with Crippen LogP contribution in [0.25, 0.3) is 0 Å². The highest BCUT2D eigenvalue weighted by molar-refractivity contribution is 6.04. The number of hydrogen-bond acceptors (Lipinski definition) is 7. The van der Waals surface area contributed by atoms with Crippen LogP contribution in [0.3, 0.4) is 0 Å². The summed E-state index contributed by atoms with van der Waals surface area (Å²) in [6.45, 7) is 8.08. The van der Waals surface area contributed by atoms with Gasteiger partial charge in [0.05, 0.1) is 23.9 Å². The maximum atomic E-state index is 13.4. The van der Waals surface area contributed by atoms with Gasteiger partial charge in [0.1, 0.15) is 17.5 Å². The van der Waals surface area contributed by atoms with Gasteiger partial charge in [0.25, 0.3) is 5.91 Å². The number of amides is 3. The second-order valence-electron chi connectivity index (χ2n) is 8.14. The zero-order valence-corrected chi connectivity index (χ0v) is 19.1. The van der Waals surface area contributed by atoms with Crippen molar-refractivity contribution >= 4 is 23.3 Å². The largest absolute Gasteiger partial charge is 0.486 e. The van der Waals surface area contributed by atoms with Gasteiger partial charge in [0.15, 0.2) is 11.5 Å². The number of aliphatic hydroxyl groups excluding tert-OH is 1. The van der Waals surface area contributed by atoms with Crippen molar-refractivity contribution in [1.82, 2.24) is 15.4 Å². The number of carbonyl (C=O) groups is 2. The number of hydrogen-bond donors (Lipinski definition) is 4. The van der Waals surface area contributed by atoms with E-state index in [1.54, 1.807) is 43.9 Å². The lowest BCUT2D eigenvalue weighted by molar-refractivity contribution is 0.0417. The van der Waals surface area contributed by atoms with Crippen molar-refractivity contribution in [1.29, 1.82) is 0 Å². The summed E-state index contributed by atoms with van der Waals surface area (Å²) in [6, 6.07) is 4.17. The Morgan fingerprint density at radius 3 is 2.72 bits per heavy atom. The molecule has 0 spiro atoms. The van der Waals surface area contributed by atoms with Gasteiger partial charge in [0.2, 0.25) is 0 Å². The Balaban J connectivity index is 1.97. The van der Waals surface area contributed by atoms with E-state index >= 15 is 0 Å². The van der Waals surface area contributed by atoms with Crippen molar-refractivity contribution in [3.05, 3.63) is 35.2 Å². The standard InChI is InChI=1S/C22H31N5O5/c1-12-10-27(13(2)11-28)21(29)16-7-6-8-17(20(16)31-18(12)9-23-5)24-22(30)25-19-14(3)26-32-15(19)4/h6-8,12-13,18,23,28H,9-11H2,1-5H3,(H2,24,25,30)/t12-,13-,18-/m1/s1. The monoisotopic (exact) mass is 445 g/mol. The Hall–Kier alpha value is -3.11. The van der Waals surface area contributed by atoms with Gasteiger partial charge in [-0.3, -0.25) is 4.79 Å². The van der Waals surface area contributed by atoms with Crippen LogP contribution in [0.5, 0.6) is 5.75 Å². The summed E-state index contributed by atoms with van der Waals surface area (Å²) in [6.07, 6.45) is -0.256. The van der Waals surface area contributed by atoms with E-state index in [0.717, 1.165) is 0 Å². The molecule has 0 fully saturated rings. The Bertz CT molecular complexity index is 956. The Morgan fingerprint density at radius 1 is 1.34 bits per heavy atom. The van der Waals surface area contributed by atoms with E-state index in [4.69, 9.17) is 9.26 Å². The second kappa shape index (κ2) is 10.0. The molecule has 10 nitrogen and oxygen atoms in total. The predicted octanol–water partition coefficient (Wildman–Crippen LogP) is 2.37. The fraction of sp³-hybridized carbons (Fsp3) is 0.500. The first-order chi connectivity index (χ1) is 15.3. The highest BCUT2D eigenvalue weighted by Crippen LogP contribution is 2.35. The number of aryl methyl sites for hydroxylation is 2. The molecule has 4 N–H and O–H groups in total. The number of para-hydroxylation sites is 1. The minimum absolute atomic E-state index is 0.0160. The van der Waals surface area contributed by atoms with Crippen LogP contribution in [-0.2, 0) is 0 Å². The first-order valence-electron chi connectivity index (χ1n) is 10.6. The van der Waals surface area contributed by atoms with Crippen molar-refractivity contribution in [3.8, 4) is 5.75 Å². The van der Waals surface area contributed by atoms with Crippen LogP contribution in [-0.4, -0.2) is 66.0 Å². The summed E-state index contributed by atoms with van der Waals surface area (Å²) >= 11 is 0. The highest BCUT2D eigenvalue weighted by Gasteiger charge is 2.34. The normalized spacial score (nSPS) is 19.4. The molecule has 1 aromatic heterocycles. The molecule has 3 rings (SSSR count). The van der Waals surface area contributed by atoms with Crippen molar-refractivity contribution < 1.29 is 24.0 Å². The number of urea groups is 1. The molecule has 32 heavy (non-hydrogen) atoms. The number of likely N-dealkylation sites (N-methyl/N-ethyl adjacent to an activating group) is 1. The number of aromatic nitrogens is 1. The third-order valence-electron chi connectivity index (χ3n) is 5.62. The van der Waals surface area contributed by atoms with E-state index in [9.17, 15) is 14.7 Å². The number of fused-ring (bicyclic) bond motifs is 1. The van der Waals surface area contributed by atoms with Crippen LogP contribution in [0.2, 0.25) is 0 Å². The SMILES string of the molecule is CNC[C@H]1Oc2c(NC(=O)Nc3c(C)noc3C)cccc2C(=O)N([C@H](C)CO)C[C@H]1C. The van der Waals surface area contributed by atoms with Crippen LogP contribution < -0.4 is 20.7 Å². The van der Waals surface area contributed by atoms with E-state index < -0.39 is 6.03 Å². The zero-order chi connectivity index (χ0) is 23.4. The fourth-order valence-corrected chi connectivity index (χ4v) is 3.72. The predicted molar refractivity (Wildman–Crippen MR) is 120 cm³/mol. The molecule has 0 radical (unpaired) electrons. The number of carbonyl (C=O) groups excluding carboxylic acids is 2. The molecular weight excluding hydrogens is 414 g/mol. The van der Waals surface area contributed by atoms with Crippen molar-refractivity contribution in [2.45, 2.75) is 39.8 Å². The first-order valence-corrected chi connectivity index (χ1v) is 10.6. The van der Waals surface area contributed by atoms with Crippen molar-refractivity contribution in [3.63, 3.8) is 0 Å². The molecule has 1 aliphatic rings. The van der Waals surface area contributed by atoms with Crippen molar-refractivity contribution in [2.75, 3.05) is 37.4 Å². The number of ether oxygens (including phenoxy) is 1. The van der Waals surface area contributed by atoms with Crippen molar-refractivity contribution in [2.24, 2.45) is 5.92 Å². The smallest absolute Gasteiger partial charge is 0.323 e. The number of rotatable bonds is 6. The molecule has 0 saturated carbocycles. The maximum Gasteiger partial charge on any atom is 0.323 e. The lowest BCUT2D eigenvalue weighted by Gasteiger charge is -2.37. The maximum absolute atomic E-state index is 13.4. The number of nitrogens with zero attached hydrogens (tertiary/aromatic N) is 2. The molecule has 0 aliphatic carbocycles. The Labute approximate surface area is 187 Å². The summed E-state index contributed by atoms with van der Waals surface area (Å²) in [4.78, 5) is 27.7. The molecule has 3 amide bonds. The van der Waals surface area contributed by atoms with Gasteiger partial charge in [-0.1, -0.05) is 18.1 Å². The quantitative estimate of drug-likeness (QED) is 0.537. The molecule has 1 aliphatic heterocycles. The molecule has 3 atom stereocenters. The number of anilines is 2. The van der Waals surface area contributed by atoms with Gasteiger partial charge >= 0.3 is 6.03 Å². The lowest BCUT2D eigenvalue weighted by Crippen LogP contribution is -2.49. The third-order valence-corrected chi connectivity index (χ3v) is 5.62. The van der Waals surface area contributed by atoms with Gasteiger partial charge in [-0.25, -0.2) is 4.79 Å². The molecule has 0 saturated heterocycles. The lowest BCUT2D eigenvalue weighted by atomic mass is 9.99. The zero-order valence-electron chi connectivity index (χ0n) is 19.1. The van der Waals surface area contributed by atoms with E-state index in [-0.39, 0.29) is 30.6 Å². The van der Waals surface area contributed by atoms with Crippen LogP contribution in [0.15, 0.2) is 22.7 Å². The van der Waals surface area contributed by atoms with Crippen LogP contribution in [0, 0.1) is 19.8 Å². The molecule has 0 bridgehead atoms. The van der Waals surface area contributed by atoms with E-state index in [1.165, 1.54) is 0 Å².